The van der Waals surface area contributed by atoms with Gasteiger partial charge in [-0.25, -0.2) is 0 Å². The summed E-state index contributed by atoms with van der Waals surface area (Å²) in [4.78, 5) is 12.2. The van der Waals surface area contributed by atoms with Crippen LogP contribution in [-0.4, -0.2) is 15.6 Å². The molecule has 0 bridgehead atoms. The highest BCUT2D eigenvalue weighted by atomic mass is 16.5. The Morgan fingerprint density at radius 3 is 2.84 bits per heavy atom. The molecule has 4 nitrogen and oxygen atoms in total. The number of aromatic nitrogens is 2. The number of hydrogen-bond donors (Lipinski definition) is 0. The average Bonchev–Trinajstić information content (AvgIpc) is 2.69. The number of Topliss-reactive ketones (excluding diaryl/α,β-unsaturated/α-hetero) is 1. The third kappa shape index (κ3) is 2.03. The molecule has 0 amide bonds. The second-order valence-corrected chi connectivity index (χ2v) is 5.08. The van der Waals surface area contributed by atoms with Crippen LogP contribution in [0.3, 0.4) is 0 Å². The number of aryl methyl sites for hydroxylation is 3. The van der Waals surface area contributed by atoms with Crippen LogP contribution in [0.25, 0.3) is 0 Å². The van der Waals surface area contributed by atoms with Crippen molar-refractivity contribution in [2.45, 2.75) is 26.4 Å². The van der Waals surface area contributed by atoms with Gasteiger partial charge in [0.15, 0.2) is 5.78 Å². The number of carbonyl (C=O) groups excluding carboxylic acids is 1. The molecular weight excluding hydrogens is 240 g/mol. The van der Waals surface area contributed by atoms with Crippen molar-refractivity contribution >= 4 is 5.78 Å². The molecule has 0 fully saturated rings. The van der Waals surface area contributed by atoms with Crippen molar-refractivity contribution in [1.82, 2.24) is 9.78 Å². The van der Waals surface area contributed by atoms with Crippen LogP contribution >= 0.6 is 0 Å². The van der Waals surface area contributed by atoms with E-state index in [2.05, 4.69) is 5.10 Å². The van der Waals surface area contributed by atoms with E-state index in [1.54, 1.807) is 4.68 Å². The van der Waals surface area contributed by atoms with Crippen molar-refractivity contribution in [3.05, 3.63) is 46.8 Å². The summed E-state index contributed by atoms with van der Waals surface area (Å²) >= 11 is 0. The molecule has 1 aliphatic rings. The fraction of sp³-hybridized carbons (Fsp3) is 0.333. The summed E-state index contributed by atoms with van der Waals surface area (Å²) in [5, 5.41) is 4.31. The fourth-order valence-corrected chi connectivity index (χ4v) is 2.55. The first-order chi connectivity index (χ1) is 9.04. The Morgan fingerprint density at radius 1 is 1.37 bits per heavy atom. The molecule has 19 heavy (non-hydrogen) atoms. The van der Waals surface area contributed by atoms with E-state index in [-0.39, 0.29) is 11.9 Å². The average molecular weight is 256 g/mol. The van der Waals surface area contributed by atoms with E-state index in [0.717, 1.165) is 16.8 Å². The zero-order valence-electron chi connectivity index (χ0n) is 11.3. The number of fused-ring (bicyclic) bond motifs is 1. The third-order valence-corrected chi connectivity index (χ3v) is 3.47. The summed E-state index contributed by atoms with van der Waals surface area (Å²) in [7, 11) is 1.87. The van der Waals surface area contributed by atoms with Gasteiger partial charge in [0.1, 0.15) is 11.9 Å². The predicted molar refractivity (Wildman–Crippen MR) is 71.4 cm³/mol. The molecule has 1 atom stereocenters. The first-order valence-electron chi connectivity index (χ1n) is 6.35. The van der Waals surface area contributed by atoms with E-state index in [4.69, 9.17) is 4.74 Å². The summed E-state index contributed by atoms with van der Waals surface area (Å²) < 4.78 is 7.72. The Morgan fingerprint density at radius 2 is 2.16 bits per heavy atom. The number of rotatable bonds is 1. The first-order valence-corrected chi connectivity index (χ1v) is 6.35. The van der Waals surface area contributed by atoms with Crippen LogP contribution in [-0.2, 0) is 7.05 Å². The third-order valence-electron chi connectivity index (χ3n) is 3.47. The molecule has 1 aromatic carbocycles. The highest BCUT2D eigenvalue weighted by Gasteiger charge is 2.29. The molecule has 0 spiro atoms. The summed E-state index contributed by atoms with van der Waals surface area (Å²) in [6.45, 7) is 3.92. The quantitative estimate of drug-likeness (QED) is 0.788. The van der Waals surface area contributed by atoms with Gasteiger partial charge in [-0.1, -0.05) is 11.6 Å². The lowest BCUT2D eigenvalue weighted by Gasteiger charge is -2.25. The van der Waals surface area contributed by atoms with Crippen LogP contribution in [0.15, 0.2) is 24.4 Å². The minimum atomic E-state index is -0.226. The van der Waals surface area contributed by atoms with Gasteiger partial charge in [0, 0.05) is 18.8 Å². The number of ketones is 1. The van der Waals surface area contributed by atoms with Crippen LogP contribution in [0, 0.1) is 13.8 Å². The van der Waals surface area contributed by atoms with Crippen molar-refractivity contribution in [2.75, 3.05) is 0 Å². The molecule has 3 rings (SSSR count). The highest BCUT2D eigenvalue weighted by Crippen LogP contribution is 2.35. The molecule has 0 aliphatic carbocycles. The molecule has 1 aromatic heterocycles. The molecule has 0 N–H and O–H groups in total. The fourth-order valence-electron chi connectivity index (χ4n) is 2.55. The SMILES string of the molecule is Cc1ccc2c(c1)C(=O)CC(c1cn(C)nc1C)O2. The molecule has 0 radical (unpaired) electrons. The van der Waals surface area contributed by atoms with Gasteiger partial charge in [-0.05, 0) is 26.0 Å². The number of carbonyl (C=O) groups is 1. The van der Waals surface area contributed by atoms with E-state index < -0.39 is 0 Å². The second-order valence-electron chi connectivity index (χ2n) is 5.08. The molecule has 4 heteroatoms. The Balaban J connectivity index is 1.99. The summed E-state index contributed by atoms with van der Waals surface area (Å²) in [5.74, 6) is 0.813. The van der Waals surface area contributed by atoms with Crippen molar-refractivity contribution in [1.29, 1.82) is 0 Å². The topological polar surface area (TPSA) is 44.1 Å². The monoisotopic (exact) mass is 256 g/mol. The van der Waals surface area contributed by atoms with Gasteiger partial charge in [-0.3, -0.25) is 9.48 Å². The summed E-state index contributed by atoms with van der Waals surface area (Å²) in [6, 6.07) is 5.73. The maximum Gasteiger partial charge on any atom is 0.170 e. The van der Waals surface area contributed by atoms with Crippen molar-refractivity contribution < 1.29 is 9.53 Å². The summed E-state index contributed by atoms with van der Waals surface area (Å²) in [5.41, 5.74) is 3.67. The molecule has 2 heterocycles. The largest absolute Gasteiger partial charge is 0.484 e. The van der Waals surface area contributed by atoms with E-state index >= 15 is 0 Å². The zero-order valence-corrected chi connectivity index (χ0v) is 11.3. The molecule has 2 aromatic rings. The molecule has 98 valence electrons. The second kappa shape index (κ2) is 4.23. The van der Waals surface area contributed by atoms with Gasteiger partial charge < -0.3 is 4.74 Å². The van der Waals surface area contributed by atoms with E-state index in [1.807, 2.05) is 45.3 Å². The molecule has 0 saturated heterocycles. The van der Waals surface area contributed by atoms with Gasteiger partial charge in [0.05, 0.1) is 17.7 Å². The van der Waals surface area contributed by atoms with Crippen LogP contribution in [0.5, 0.6) is 5.75 Å². The molecule has 0 saturated carbocycles. The van der Waals surface area contributed by atoms with Gasteiger partial charge in [-0.15, -0.1) is 0 Å². The minimum absolute atomic E-state index is 0.137. The van der Waals surface area contributed by atoms with Gasteiger partial charge in [0.2, 0.25) is 0 Å². The summed E-state index contributed by atoms with van der Waals surface area (Å²) in [6.07, 6.45) is 2.08. The van der Waals surface area contributed by atoms with Gasteiger partial charge in [0.25, 0.3) is 0 Å². The Labute approximate surface area is 112 Å². The number of nitrogens with zero attached hydrogens (tertiary/aromatic N) is 2. The Bertz CT molecular complexity index is 658. The maximum atomic E-state index is 12.2. The van der Waals surface area contributed by atoms with Crippen LogP contribution < -0.4 is 4.74 Å². The lowest BCUT2D eigenvalue weighted by Crippen LogP contribution is -2.20. The van der Waals surface area contributed by atoms with E-state index in [0.29, 0.717) is 17.7 Å². The van der Waals surface area contributed by atoms with E-state index in [9.17, 15) is 4.79 Å². The normalized spacial score (nSPS) is 18.1. The predicted octanol–water partition coefficient (Wildman–Crippen LogP) is 2.74. The van der Waals surface area contributed by atoms with Crippen LogP contribution in [0.1, 0.15) is 39.7 Å². The Hall–Kier alpha value is -2.10. The van der Waals surface area contributed by atoms with Gasteiger partial charge in [-0.2, -0.15) is 5.10 Å². The molecule has 1 aliphatic heterocycles. The number of ether oxygens (including phenoxy) is 1. The molecular formula is C15H16N2O2. The van der Waals surface area contributed by atoms with Crippen molar-refractivity contribution in [3.8, 4) is 5.75 Å². The lowest BCUT2D eigenvalue weighted by molar-refractivity contribution is 0.0849. The first kappa shape index (κ1) is 12.0. The zero-order chi connectivity index (χ0) is 13.6. The van der Waals surface area contributed by atoms with Crippen molar-refractivity contribution in [2.24, 2.45) is 7.05 Å². The minimum Gasteiger partial charge on any atom is -0.484 e. The smallest absolute Gasteiger partial charge is 0.170 e. The lowest BCUT2D eigenvalue weighted by atomic mass is 9.95. The molecule has 1 unspecified atom stereocenters. The standard InChI is InChI=1S/C15H16N2O2/c1-9-4-5-14-11(6-9)13(18)7-15(19-14)12-8-17(3)16-10(12)2/h4-6,8,15H,7H2,1-3H3. The van der Waals surface area contributed by atoms with Crippen LogP contribution in [0.4, 0.5) is 0 Å². The van der Waals surface area contributed by atoms with Crippen molar-refractivity contribution in [3.63, 3.8) is 0 Å². The Kier molecular flexibility index (Phi) is 2.66. The number of benzene rings is 1. The van der Waals surface area contributed by atoms with Crippen LogP contribution in [0.2, 0.25) is 0 Å². The number of hydrogen-bond acceptors (Lipinski definition) is 3. The highest BCUT2D eigenvalue weighted by molar-refractivity contribution is 6.00. The van der Waals surface area contributed by atoms with E-state index in [1.165, 1.54) is 0 Å². The maximum absolute atomic E-state index is 12.2. The van der Waals surface area contributed by atoms with Gasteiger partial charge >= 0.3 is 0 Å².